The van der Waals surface area contributed by atoms with Gasteiger partial charge in [0.05, 0.1) is 6.10 Å². The molecule has 3 heterocycles. The Hall–Kier alpha value is -0.620. The van der Waals surface area contributed by atoms with Crippen molar-refractivity contribution < 1.29 is 5.11 Å². The molecule has 3 nitrogen and oxygen atoms in total. The van der Waals surface area contributed by atoms with E-state index in [0.717, 1.165) is 24.2 Å². The molecule has 0 bridgehead atoms. The molecule has 1 N–H and O–H groups in total. The van der Waals surface area contributed by atoms with Crippen LogP contribution in [0, 0.1) is 3.57 Å². The van der Waals surface area contributed by atoms with Crippen LogP contribution in [0.5, 0.6) is 0 Å². The Morgan fingerprint density at radius 2 is 2.38 bits per heavy atom. The lowest BCUT2D eigenvalue weighted by molar-refractivity contribution is 0.199. The molecule has 16 heavy (non-hydrogen) atoms. The fourth-order valence-corrected chi connectivity index (χ4v) is 3.33. The minimum absolute atomic E-state index is 0.442. The fourth-order valence-electron chi connectivity index (χ4n) is 2.37. The van der Waals surface area contributed by atoms with Gasteiger partial charge in [-0.3, -0.25) is 0 Å². The van der Waals surface area contributed by atoms with Crippen LogP contribution in [-0.2, 0) is 13.0 Å². The zero-order valence-electron chi connectivity index (χ0n) is 9.07. The maximum Gasteiger partial charge on any atom is 0.141 e. The van der Waals surface area contributed by atoms with Crippen molar-refractivity contribution in [2.75, 3.05) is 0 Å². The summed E-state index contributed by atoms with van der Waals surface area (Å²) in [6.07, 6.45) is 3.72. The fraction of sp³-hybridized carbons (Fsp3) is 0.417. The van der Waals surface area contributed by atoms with Crippen molar-refractivity contribution in [2.24, 2.45) is 0 Å². The van der Waals surface area contributed by atoms with E-state index in [0.29, 0.717) is 0 Å². The van der Waals surface area contributed by atoms with E-state index in [1.165, 1.54) is 21.1 Å². The molecule has 84 valence electrons. The molecular weight excluding hydrogens is 315 g/mol. The van der Waals surface area contributed by atoms with Crippen LogP contribution in [0.2, 0.25) is 0 Å². The quantitative estimate of drug-likeness (QED) is 0.818. The highest BCUT2D eigenvalue weighted by Crippen LogP contribution is 2.32. The van der Waals surface area contributed by atoms with E-state index in [2.05, 4.69) is 38.2 Å². The molecule has 0 amide bonds. The molecule has 1 atom stereocenters. The maximum absolute atomic E-state index is 9.57. The molecule has 0 aromatic carbocycles. The van der Waals surface area contributed by atoms with Gasteiger partial charge < -0.3 is 9.67 Å². The number of aryl methyl sites for hydroxylation is 1. The minimum Gasteiger partial charge on any atom is -0.389 e. The number of hydrogen-bond acceptors (Lipinski definition) is 2. The summed E-state index contributed by atoms with van der Waals surface area (Å²) in [6, 6.07) is 2.07. The van der Waals surface area contributed by atoms with Crippen molar-refractivity contribution in [1.82, 2.24) is 9.55 Å². The number of hydrogen-bond donors (Lipinski definition) is 1. The van der Waals surface area contributed by atoms with Crippen molar-refractivity contribution >= 4 is 33.6 Å². The summed E-state index contributed by atoms with van der Waals surface area (Å²) in [6.45, 7) is 2.86. The van der Waals surface area contributed by atoms with Crippen molar-refractivity contribution in [3.63, 3.8) is 0 Å². The van der Waals surface area contributed by atoms with Crippen LogP contribution in [0.4, 0.5) is 0 Å². The molecule has 4 heteroatoms. The molecular formula is C12H13IN2O. The summed E-state index contributed by atoms with van der Waals surface area (Å²) in [4.78, 5) is 4.49. The number of aliphatic hydroxyl groups excluding tert-OH is 1. The Balaban J connectivity index is 2.29. The Bertz CT molecular complexity index is 560. The van der Waals surface area contributed by atoms with Crippen molar-refractivity contribution in [3.05, 3.63) is 27.1 Å². The van der Waals surface area contributed by atoms with E-state index in [4.69, 9.17) is 0 Å². The summed E-state index contributed by atoms with van der Waals surface area (Å²) < 4.78 is 3.61. The Labute approximate surface area is 108 Å². The molecule has 1 unspecified atom stereocenters. The number of nitrogens with zero attached hydrogens (tertiary/aromatic N) is 2. The molecule has 0 spiro atoms. The second-order valence-electron chi connectivity index (χ2n) is 4.33. The molecule has 0 saturated heterocycles. The average molecular weight is 328 g/mol. The first-order chi connectivity index (χ1) is 7.68. The standard InChI is InChI=1S/C12H13IN2O/c1-7(16)8-5-9-11(13)10-3-2-4-15(10)12(9)14-6-8/h5-7,16H,2-4H2,1H3. The molecule has 1 aliphatic rings. The van der Waals surface area contributed by atoms with Gasteiger partial charge in [0.15, 0.2) is 0 Å². The van der Waals surface area contributed by atoms with E-state index >= 15 is 0 Å². The third-order valence-electron chi connectivity index (χ3n) is 3.24. The van der Waals surface area contributed by atoms with Gasteiger partial charge in [-0.25, -0.2) is 4.98 Å². The van der Waals surface area contributed by atoms with Crippen LogP contribution in [-0.4, -0.2) is 14.7 Å². The number of rotatable bonds is 1. The third kappa shape index (κ3) is 1.39. The maximum atomic E-state index is 9.57. The van der Waals surface area contributed by atoms with Crippen molar-refractivity contribution in [3.8, 4) is 0 Å². The number of fused-ring (bicyclic) bond motifs is 3. The summed E-state index contributed by atoms with van der Waals surface area (Å²) in [5.74, 6) is 0. The van der Waals surface area contributed by atoms with Crippen LogP contribution in [0.15, 0.2) is 12.3 Å². The van der Waals surface area contributed by atoms with Gasteiger partial charge in [-0.2, -0.15) is 0 Å². The van der Waals surface area contributed by atoms with Crippen LogP contribution in [0.3, 0.4) is 0 Å². The molecule has 0 radical (unpaired) electrons. The minimum atomic E-state index is -0.442. The van der Waals surface area contributed by atoms with Gasteiger partial charge in [-0.1, -0.05) is 0 Å². The zero-order chi connectivity index (χ0) is 11.3. The van der Waals surface area contributed by atoms with Crippen LogP contribution in [0.1, 0.15) is 30.7 Å². The first kappa shape index (κ1) is 10.5. The van der Waals surface area contributed by atoms with Gasteiger partial charge in [0, 0.05) is 27.4 Å². The molecule has 2 aromatic rings. The average Bonchev–Trinajstić information content (AvgIpc) is 2.83. The third-order valence-corrected chi connectivity index (χ3v) is 4.44. The predicted octanol–water partition coefficient (Wildman–Crippen LogP) is 2.64. The van der Waals surface area contributed by atoms with E-state index in [1.54, 1.807) is 13.1 Å². The highest BCUT2D eigenvalue weighted by Gasteiger charge is 2.20. The smallest absolute Gasteiger partial charge is 0.141 e. The van der Waals surface area contributed by atoms with E-state index in [1.807, 2.05) is 0 Å². The number of halogens is 1. The normalized spacial score (nSPS) is 16.7. The SMILES string of the molecule is CC(O)c1cnc2c(c1)c(I)c1n2CCC1. The Morgan fingerprint density at radius 1 is 1.56 bits per heavy atom. The highest BCUT2D eigenvalue weighted by molar-refractivity contribution is 14.1. The lowest BCUT2D eigenvalue weighted by Gasteiger charge is -2.04. The molecule has 0 fully saturated rings. The zero-order valence-corrected chi connectivity index (χ0v) is 11.2. The summed E-state index contributed by atoms with van der Waals surface area (Å²) in [5, 5.41) is 10.8. The van der Waals surface area contributed by atoms with Crippen molar-refractivity contribution in [2.45, 2.75) is 32.4 Å². The molecule has 1 aliphatic heterocycles. The predicted molar refractivity (Wildman–Crippen MR) is 71.4 cm³/mol. The number of pyridine rings is 1. The second kappa shape index (κ2) is 3.70. The monoisotopic (exact) mass is 328 g/mol. The van der Waals surface area contributed by atoms with Crippen molar-refractivity contribution in [1.29, 1.82) is 0 Å². The van der Waals surface area contributed by atoms with E-state index in [9.17, 15) is 5.11 Å². The van der Waals surface area contributed by atoms with Crippen LogP contribution >= 0.6 is 22.6 Å². The summed E-state index contributed by atoms with van der Waals surface area (Å²) in [5.41, 5.74) is 3.38. The molecule has 0 aliphatic carbocycles. The Kier molecular flexibility index (Phi) is 2.43. The highest BCUT2D eigenvalue weighted by atomic mass is 127. The summed E-state index contributed by atoms with van der Waals surface area (Å²) >= 11 is 2.40. The molecule has 2 aromatic heterocycles. The Morgan fingerprint density at radius 3 is 3.12 bits per heavy atom. The van der Waals surface area contributed by atoms with Crippen LogP contribution in [0.25, 0.3) is 11.0 Å². The largest absolute Gasteiger partial charge is 0.389 e. The molecule has 0 saturated carbocycles. The van der Waals surface area contributed by atoms with Gasteiger partial charge in [0.25, 0.3) is 0 Å². The lowest BCUT2D eigenvalue weighted by Crippen LogP contribution is -1.96. The van der Waals surface area contributed by atoms with Gasteiger partial charge in [0.2, 0.25) is 0 Å². The van der Waals surface area contributed by atoms with Gasteiger partial charge in [-0.15, -0.1) is 0 Å². The van der Waals surface area contributed by atoms with Gasteiger partial charge >= 0.3 is 0 Å². The second-order valence-corrected chi connectivity index (χ2v) is 5.41. The first-order valence-electron chi connectivity index (χ1n) is 5.53. The topological polar surface area (TPSA) is 38.1 Å². The first-order valence-corrected chi connectivity index (χ1v) is 6.61. The molecule has 3 rings (SSSR count). The van der Waals surface area contributed by atoms with E-state index < -0.39 is 6.10 Å². The van der Waals surface area contributed by atoms with E-state index in [-0.39, 0.29) is 0 Å². The summed E-state index contributed by atoms with van der Waals surface area (Å²) in [7, 11) is 0. The van der Waals surface area contributed by atoms with Crippen LogP contribution < -0.4 is 0 Å². The lowest BCUT2D eigenvalue weighted by atomic mass is 10.1. The van der Waals surface area contributed by atoms with Gasteiger partial charge in [0.1, 0.15) is 5.65 Å². The van der Waals surface area contributed by atoms with Gasteiger partial charge in [-0.05, 0) is 54.0 Å². The number of aliphatic hydroxyl groups is 1. The number of aromatic nitrogens is 2.